The lowest BCUT2D eigenvalue weighted by Crippen LogP contribution is -2.47. The van der Waals surface area contributed by atoms with Crippen LogP contribution in [0.2, 0.25) is 0 Å². The van der Waals surface area contributed by atoms with Crippen molar-refractivity contribution in [2.45, 2.75) is 39.2 Å². The van der Waals surface area contributed by atoms with E-state index < -0.39 is 0 Å². The van der Waals surface area contributed by atoms with Crippen molar-refractivity contribution in [3.8, 4) is 0 Å². The van der Waals surface area contributed by atoms with Crippen LogP contribution in [0.5, 0.6) is 0 Å². The number of hydrogen-bond acceptors (Lipinski definition) is 4. The first-order valence-corrected chi connectivity index (χ1v) is 8.70. The van der Waals surface area contributed by atoms with Crippen molar-refractivity contribution in [1.82, 2.24) is 19.6 Å². The molecule has 0 atom stereocenters. The van der Waals surface area contributed by atoms with Crippen molar-refractivity contribution in [1.29, 1.82) is 0 Å². The van der Waals surface area contributed by atoms with E-state index in [0.717, 1.165) is 29.7 Å². The van der Waals surface area contributed by atoms with Gasteiger partial charge in [0.25, 0.3) is 0 Å². The molecule has 1 aliphatic heterocycles. The van der Waals surface area contributed by atoms with Crippen LogP contribution in [0.15, 0.2) is 24.5 Å². The number of carbonyl (C=O) groups is 2. The number of carbonyl (C=O) groups excluding carboxylic acids is 2. The summed E-state index contributed by atoms with van der Waals surface area (Å²) in [6.45, 7) is 5.41. The largest absolute Gasteiger partial charge is 0.450 e. The fourth-order valence-electron chi connectivity index (χ4n) is 3.09. The number of amides is 2. The second-order valence-electron chi connectivity index (χ2n) is 6.41. The molecule has 2 aromatic rings. The fourth-order valence-corrected chi connectivity index (χ4v) is 3.09. The van der Waals surface area contributed by atoms with Gasteiger partial charge in [-0.3, -0.25) is 4.79 Å². The second kappa shape index (κ2) is 7.55. The van der Waals surface area contributed by atoms with Crippen molar-refractivity contribution in [2.24, 2.45) is 0 Å². The first kappa shape index (κ1) is 17.3. The quantitative estimate of drug-likeness (QED) is 0.919. The van der Waals surface area contributed by atoms with Crippen LogP contribution in [-0.2, 0) is 16.0 Å². The highest BCUT2D eigenvalue weighted by Crippen LogP contribution is 2.12. The van der Waals surface area contributed by atoms with Crippen LogP contribution >= 0.6 is 0 Å². The lowest BCUT2D eigenvalue weighted by atomic mass is 10.1. The minimum absolute atomic E-state index is 0.0327. The Balaban J connectivity index is 1.50. The summed E-state index contributed by atoms with van der Waals surface area (Å²) in [5.41, 5.74) is 2.75. The van der Waals surface area contributed by atoms with E-state index in [9.17, 15) is 9.59 Å². The van der Waals surface area contributed by atoms with Gasteiger partial charge >= 0.3 is 6.09 Å². The summed E-state index contributed by atoms with van der Waals surface area (Å²) in [5, 5.41) is 3.05. The number of aromatic nitrogens is 2. The van der Waals surface area contributed by atoms with Crippen LogP contribution in [0.3, 0.4) is 0 Å². The Labute approximate surface area is 147 Å². The molecule has 1 N–H and O–H groups in total. The van der Waals surface area contributed by atoms with Gasteiger partial charge in [-0.2, -0.15) is 0 Å². The third kappa shape index (κ3) is 4.29. The van der Waals surface area contributed by atoms with E-state index in [1.807, 2.05) is 35.9 Å². The topological polar surface area (TPSA) is 75.9 Å². The van der Waals surface area contributed by atoms with Gasteiger partial charge in [0.2, 0.25) is 5.91 Å². The maximum Gasteiger partial charge on any atom is 0.409 e. The van der Waals surface area contributed by atoms with Crippen LogP contribution in [-0.4, -0.2) is 52.0 Å². The van der Waals surface area contributed by atoms with Crippen LogP contribution in [0.4, 0.5) is 4.79 Å². The molecule has 7 heteroatoms. The number of nitrogens with zero attached hydrogens (tertiary/aromatic N) is 3. The van der Waals surface area contributed by atoms with Crippen molar-refractivity contribution >= 4 is 17.6 Å². The summed E-state index contributed by atoms with van der Waals surface area (Å²) in [6, 6.07) is 4.10. The predicted molar refractivity (Wildman–Crippen MR) is 93.4 cm³/mol. The van der Waals surface area contributed by atoms with E-state index in [2.05, 4.69) is 10.3 Å². The van der Waals surface area contributed by atoms with Gasteiger partial charge in [0, 0.05) is 31.5 Å². The Morgan fingerprint density at radius 2 is 2.12 bits per heavy atom. The predicted octanol–water partition coefficient (Wildman–Crippen LogP) is 1.92. The minimum Gasteiger partial charge on any atom is -0.450 e. The molecule has 3 heterocycles. The normalized spacial score (nSPS) is 15.4. The highest BCUT2D eigenvalue weighted by molar-refractivity contribution is 5.78. The van der Waals surface area contributed by atoms with Gasteiger partial charge in [0.05, 0.1) is 18.7 Å². The molecule has 0 unspecified atom stereocenters. The average Bonchev–Trinajstić information content (AvgIpc) is 2.96. The number of likely N-dealkylation sites (tertiary alicyclic amines) is 1. The number of fused-ring (bicyclic) bond motifs is 1. The molecule has 1 aliphatic rings. The molecule has 0 saturated carbocycles. The van der Waals surface area contributed by atoms with Gasteiger partial charge in [-0.1, -0.05) is 0 Å². The molecule has 2 amide bonds. The van der Waals surface area contributed by atoms with Crippen molar-refractivity contribution in [3.05, 3.63) is 35.8 Å². The van der Waals surface area contributed by atoms with Crippen LogP contribution in [0.25, 0.3) is 5.65 Å². The molecule has 2 aromatic heterocycles. The van der Waals surface area contributed by atoms with E-state index in [4.69, 9.17) is 4.74 Å². The highest BCUT2D eigenvalue weighted by atomic mass is 16.6. The molecule has 1 saturated heterocycles. The molecule has 1 fully saturated rings. The summed E-state index contributed by atoms with van der Waals surface area (Å²) in [5.74, 6) is -0.0327. The Kier molecular flexibility index (Phi) is 5.21. The summed E-state index contributed by atoms with van der Waals surface area (Å²) >= 11 is 0. The first-order valence-electron chi connectivity index (χ1n) is 8.70. The lowest BCUT2D eigenvalue weighted by molar-refractivity contribution is -0.121. The molecule has 3 rings (SSSR count). The number of imidazole rings is 1. The van der Waals surface area contributed by atoms with Crippen LogP contribution in [0.1, 0.15) is 31.0 Å². The van der Waals surface area contributed by atoms with Crippen molar-refractivity contribution < 1.29 is 14.3 Å². The fraction of sp³-hybridized carbons (Fsp3) is 0.500. The lowest BCUT2D eigenvalue weighted by Gasteiger charge is -2.31. The number of pyridine rings is 1. The third-order valence-corrected chi connectivity index (χ3v) is 4.39. The van der Waals surface area contributed by atoms with E-state index >= 15 is 0 Å². The van der Waals surface area contributed by atoms with E-state index in [0.29, 0.717) is 19.7 Å². The van der Waals surface area contributed by atoms with Crippen LogP contribution < -0.4 is 5.32 Å². The van der Waals surface area contributed by atoms with Gasteiger partial charge < -0.3 is 19.4 Å². The Hall–Kier alpha value is -2.57. The van der Waals surface area contributed by atoms with Gasteiger partial charge in [-0.05, 0) is 44.4 Å². The molecule has 25 heavy (non-hydrogen) atoms. The number of nitrogens with one attached hydrogen (secondary N) is 1. The molecule has 0 bridgehead atoms. The van der Waals surface area contributed by atoms with E-state index in [1.54, 1.807) is 11.8 Å². The van der Waals surface area contributed by atoms with E-state index in [-0.39, 0.29) is 24.5 Å². The molecule has 0 aromatic carbocycles. The summed E-state index contributed by atoms with van der Waals surface area (Å²) in [7, 11) is 0. The van der Waals surface area contributed by atoms with Crippen molar-refractivity contribution in [2.75, 3.05) is 19.7 Å². The number of rotatable bonds is 4. The number of ether oxygens (including phenoxy) is 1. The molecule has 134 valence electrons. The van der Waals surface area contributed by atoms with Gasteiger partial charge in [-0.25, -0.2) is 9.78 Å². The SMILES string of the molecule is CCOC(=O)N1CCC(NC(=O)Cc2cn3ccc(C)cc3n2)CC1. The smallest absolute Gasteiger partial charge is 0.409 e. The number of hydrogen-bond donors (Lipinski definition) is 1. The van der Waals surface area contributed by atoms with Crippen LogP contribution in [0, 0.1) is 6.92 Å². The zero-order valence-electron chi connectivity index (χ0n) is 14.7. The zero-order valence-corrected chi connectivity index (χ0v) is 14.7. The molecule has 0 spiro atoms. The maximum absolute atomic E-state index is 12.3. The minimum atomic E-state index is -0.271. The third-order valence-electron chi connectivity index (χ3n) is 4.39. The summed E-state index contributed by atoms with van der Waals surface area (Å²) in [6.07, 6.45) is 5.32. The highest BCUT2D eigenvalue weighted by Gasteiger charge is 2.24. The molecular weight excluding hydrogens is 320 g/mol. The van der Waals surface area contributed by atoms with E-state index in [1.165, 1.54) is 0 Å². The van der Waals surface area contributed by atoms with Crippen molar-refractivity contribution in [3.63, 3.8) is 0 Å². The standard InChI is InChI=1S/C18H24N4O3/c1-3-25-18(24)21-8-5-14(6-9-21)20-17(23)11-15-12-22-7-4-13(2)10-16(22)19-15/h4,7,10,12,14H,3,5-6,8-9,11H2,1-2H3,(H,20,23). The maximum atomic E-state index is 12.3. The Morgan fingerprint density at radius 1 is 1.36 bits per heavy atom. The second-order valence-corrected chi connectivity index (χ2v) is 6.41. The first-order chi connectivity index (χ1) is 12.0. The molecule has 0 aliphatic carbocycles. The van der Waals surface area contributed by atoms with Gasteiger partial charge in [0.1, 0.15) is 5.65 Å². The molecule has 0 radical (unpaired) electrons. The van der Waals surface area contributed by atoms with Gasteiger partial charge in [0.15, 0.2) is 0 Å². The molecular formula is C18H24N4O3. The monoisotopic (exact) mass is 344 g/mol. The Morgan fingerprint density at radius 3 is 2.84 bits per heavy atom. The summed E-state index contributed by atoms with van der Waals surface area (Å²) < 4.78 is 6.93. The number of piperidine rings is 1. The average molecular weight is 344 g/mol. The van der Waals surface area contributed by atoms with Gasteiger partial charge in [-0.15, -0.1) is 0 Å². The molecule has 7 nitrogen and oxygen atoms in total. The Bertz CT molecular complexity index is 763. The number of aryl methyl sites for hydroxylation is 1. The zero-order chi connectivity index (χ0) is 17.8. The summed E-state index contributed by atoms with van der Waals surface area (Å²) in [4.78, 5) is 30.1.